The van der Waals surface area contributed by atoms with Gasteiger partial charge in [-0.05, 0) is 43.2 Å². The van der Waals surface area contributed by atoms with Crippen LogP contribution in [0.25, 0.3) is 0 Å². The molecule has 1 aliphatic rings. The third-order valence-electron chi connectivity index (χ3n) is 4.20. The zero-order valence-corrected chi connectivity index (χ0v) is 17.0. The molecule has 1 aromatic rings. The van der Waals surface area contributed by atoms with Crippen LogP contribution >= 0.6 is 35.6 Å². The lowest BCUT2D eigenvalue weighted by molar-refractivity contribution is 0.128. The van der Waals surface area contributed by atoms with Crippen LogP contribution in [0.2, 0.25) is 5.02 Å². The molecular weight excluding hydrogens is 425 g/mol. The number of hydrogen-bond donors (Lipinski definition) is 2. The van der Waals surface area contributed by atoms with Gasteiger partial charge in [0.25, 0.3) is 0 Å². The molecule has 0 spiro atoms. The molecule has 0 unspecified atom stereocenters. The van der Waals surface area contributed by atoms with Crippen molar-refractivity contribution in [1.82, 2.24) is 10.6 Å². The average molecular weight is 452 g/mol. The van der Waals surface area contributed by atoms with Gasteiger partial charge in [0.15, 0.2) is 5.96 Å². The van der Waals surface area contributed by atoms with E-state index in [0.29, 0.717) is 12.0 Å². The molecule has 0 atom stereocenters. The molecular formula is C17H27ClIN3O. The summed E-state index contributed by atoms with van der Waals surface area (Å²) in [5.41, 5.74) is 1.47. The first-order chi connectivity index (χ1) is 10.7. The minimum absolute atomic E-state index is 0. The molecule has 2 rings (SSSR count). The van der Waals surface area contributed by atoms with Crippen molar-refractivity contribution in [2.24, 2.45) is 10.4 Å². The molecule has 0 saturated heterocycles. The standard InChI is InChI=1S/C17H26ClN3O.HI/c1-3-22-11-10-17(8-9-17)13-21-16(19-2)20-12-14-6-4-5-7-15(14)18;/h4-7H,3,8-13H2,1-2H3,(H2,19,20,21);1H. The second-order valence-electron chi connectivity index (χ2n) is 5.82. The van der Waals surface area contributed by atoms with Crippen molar-refractivity contribution < 1.29 is 4.74 Å². The van der Waals surface area contributed by atoms with E-state index < -0.39 is 0 Å². The number of nitrogens with zero attached hydrogens (tertiary/aromatic N) is 1. The zero-order valence-electron chi connectivity index (χ0n) is 13.9. The maximum Gasteiger partial charge on any atom is 0.191 e. The fourth-order valence-corrected chi connectivity index (χ4v) is 2.64. The van der Waals surface area contributed by atoms with Crippen LogP contribution in [0.4, 0.5) is 0 Å². The largest absolute Gasteiger partial charge is 0.382 e. The Morgan fingerprint density at radius 3 is 2.65 bits per heavy atom. The summed E-state index contributed by atoms with van der Waals surface area (Å²) in [4.78, 5) is 4.28. The molecule has 130 valence electrons. The van der Waals surface area contributed by atoms with Crippen molar-refractivity contribution in [3.63, 3.8) is 0 Å². The first kappa shape index (κ1) is 20.5. The van der Waals surface area contributed by atoms with Crippen LogP contribution < -0.4 is 10.6 Å². The average Bonchev–Trinajstić information content (AvgIpc) is 3.29. The Kier molecular flexibility index (Phi) is 9.24. The van der Waals surface area contributed by atoms with Crippen molar-refractivity contribution >= 4 is 41.5 Å². The molecule has 23 heavy (non-hydrogen) atoms. The Morgan fingerprint density at radius 1 is 1.30 bits per heavy atom. The summed E-state index contributed by atoms with van der Waals surface area (Å²) in [6.07, 6.45) is 3.67. The molecule has 0 aromatic heterocycles. The van der Waals surface area contributed by atoms with E-state index in [1.165, 1.54) is 12.8 Å². The molecule has 1 aromatic carbocycles. The van der Waals surface area contributed by atoms with E-state index in [4.69, 9.17) is 16.3 Å². The molecule has 4 nitrogen and oxygen atoms in total. The van der Waals surface area contributed by atoms with Crippen LogP contribution in [0.5, 0.6) is 0 Å². The molecule has 0 bridgehead atoms. The molecule has 0 aliphatic heterocycles. The van der Waals surface area contributed by atoms with Gasteiger partial charge in [0.1, 0.15) is 0 Å². The summed E-state index contributed by atoms with van der Waals surface area (Å²) in [5.74, 6) is 0.822. The third kappa shape index (κ3) is 6.85. The highest BCUT2D eigenvalue weighted by molar-refractivity contribution is 14.0. The number of hydrogen-bond acceptors (Lipinski definition) is 2. The van der Waals surface area contributed by atoms with E-state index in [0.717, 1.165) is 42.7 Å². The zero-order chi connectivity index (χ0) is 15.8. The number of nitrogens with one attached hydrogen (secondary N) is 2. The van der Waals surface area contributed by atoms with E-state index in [2.05, 4.69) is 15.6 Å². The van der Waals surface area contributed by atoms with E-state index in [9.17, 15) is 0 Å². The van der Waals surface area contributed by atoms with Gasteiger partial charge < -0.3 is 15.4 Å². The number of halogens is 2. The molecule has 0 amide bonds. The smallest absolute Gasteiger partial charge is 0.191 e. The Bertz CT molecular complexity index is 506. The lowest BCUT2D eigenvalue weighted by Gasteiger charge is -2.18. The Balaban J connectivity index is 0.00000264. The topological polar surface area (TPSA) is 45.6 Å². The highest BCUT2D eigenvalue weighted by Crippen LogP contribution is 2.48. The fourth-order valence-electron chi connectivity index (χ4n) is 2.44. The maximum absolute atomic E-state index is 6.17. The summed E-state index contributed by atoms with van der Waals surface area (Å²) in [6, 6.07) is 7.86. The molecule has 1 fully saturated rings. The number of guanidine groups is 1. The Labute approximate surface area is 161 Å². The van der Waals surface area contributed by atoms with Crippen LogP contribution in [-0.2, 0) is 11.3 Å². The normalized spacial score (nSPS) is 15.7. The molecule has 0 radical (unpaired) electrons. The molecule has 1 aliphatic carbocycles. The first-order valence-electron chi connectivity index (χ1n) is 7.95. The lowest BCUT2D eigenvalue weighted by atomic mass is 10.0. The van der Waals surface area contributed by atoms with E-state index in [-0.39, 0.29) is 24.0 Å². The van der Waals surface area contributed by atoms with Gasteiger partial charge in [-0.25, -0.2) is 0 Å². The second kappa shape index (κ2) is 10.4. The molecule has 0 heterocycles. The Hall–Kier alpha value is -0.530. The van der Waals surface area contributed by atoms with Crippen molar-refractivity contribution in [3.05, 3.63) is 34.9 Å². The maximum atomic E-state index is 6.17. The van der Waals surface area contributed by atoms with Crippen LogP contribution in [0.15, 0.2) is 29.3 Å². The van der Waals surface area contributed by atoms with Crippen LogP contribution in [0.3, 0.4) is 0 Å². The predicted molar refractivity (Wildman–Crippen MR) is 108 cm³/mol. The van der Waals surface area contributed by atoms with Gasteiger partial charge in [-0.3, -0.25) is 4.99 Å². The minimum Gasteiger partial charge on any atom is -0.382 e. The minimum atomic E-state index is 0. The highest BCUT2D eigenvalue weighted by atomic mass is 127. The van der Waals surface area contributed by atoms with Crippen LogP contribution in [0, 0.1) is 5.41 Å². The van der Waals surface area contributed by atoms with Gasteiger partial charge >= 0.3 is 0 Å². The predicted octanol–water partition coefficient (Wildman–Crippen LogP) is 3.83. The van der Waals surface area contributed by atoms with Gasteiger partial charge in [0.2, 0.25) is 0 Å². The number of aliphatic imine (C=N–C) groups is 1. The van der Waals surface area contributed by atoms with Crippen molar-refractivity contribution in [3.8, 4) is 0 Å². The number of benzene rings is 1. The SMILES string of the molecule is CCOCCC1(CNC(=NC)NCc2ccccc2Cl)CC1.I. The summed E-state index contributed by atoms with van der Waals surface area (Å²) in [5, 5.41) is 7.52. The molecule has 2 N–H and O–H groups in total. The first-order valence-corrected chi connectivity index (χ1v) is 8.32. The summed E-state index contributed by atoms with van der Waals surface area (Å²) < 4.78 is 5.47. The van der Waals surface area contributed by atoms with E-state index >= 15 is 0 Å². The molecule has 1 saturated carbocycles. The second-order valence-corrected chi connectivity index (χ2v) is 6.22. The lowest BCUT2D eigenvalue weighted by Crippen LogP contribution is -2.40. The number of ether oxygens (including phenoxy) is 1. The summed E-state index contributed by atoms with van der Waals surface area (Å²) in [7, 11) is 1.79. The number of rotatable bonds is 8. The monoisotopic (exact) mass is 451 g/mol. The van der Waals surface area contributed by atoms with Crippen molar-refractivity contribution in [1.29, 1.82) is 0 Å². The van der Waals surface area contributed by atoms with Gasteiger partial charge in [0.05, 0.1) is 0 Å². The van der Waals surface area contributed by atoms with Gasteiger partial charge in [0, 0.05) is 38.4 Å². The third-order valence-corrected chi connectivity index (χ3v) is 4.57. The van der Waals surface area contributed by atoms with Crippen LogP contribution in [-0.4, -0.2) is 32.8 Å². The highest BCUT2D eigenvalue weighted by Gasteiger charge is 2.41. The van der Waals surface area contributed by atoms with Crippen LogP contribution in [0.1, 0.15) is 31.7 Å². The fraction of sp³-hybridized carbons (Fsp3) is 0.588. The Morgan fingerprint density at radius 2 is 2.04 bits per heavy atom. The summed E-state index contributed by atoms with van der Waals surface area (Å²) in [6.45, 7) is 5.31. The van der Waals surface area contributed by atoms with E-state index in [1.54, 1.807) is 7.05 Å². The summed E-state index contributed by atoms with van der Waals surface area (Å²) >= 11 is 6.17. The van der Waals surface area contributed by atoms with E-state index in [1.807, 2.05) is 31.2 Å². The molecule has 6 heteroatoms. The van der Waals surface area contributed by atoms with Gasteiger partial charge in [-0.15, -0.1) is 24.0 Å². The van der Waals surface area contributed by atoms with Gasteiger partial charge in [-0.2, -0.15) is 0 Å². The van der Waals surface area contributed by atoms with Crippen molar-refractivity contribution in [2.75, 3.05) is 26.8 Å². The van der Waals surface area contributed by atoms with Gasteiger partial charge in [-0.1, -0.05) is 29.8 Å². The quantitative estimate of drug-likeness (QED) is 0.273. The van der Waals surface area contributed by atoms with Crippen molar-refractivity contribution in [2.45, 2.75) is 32.7 Å².